The highest BCUT2D eigenvalue weighted by atomic mass is 16.3. The quantitative estimate of drug-likeness (QED) is 0.319. The largest absolute Gasteiger partial charge is 0.509 e. The standard InChI is InChI=1S/C25H38N2O3/c1-2-3-4-5-6-7-8-9-10-11-12-13-14-19-22(28)27-23-24(29)20-17-15-16-18-21(20)26-25(23)30/h15-18,20,29H,2-14,19H2,1H3,(H,27,28). The van der Waals surface area contributed by atoms with Crippen LogP contribution in [0.5, 0.6) is 0 Å². The van der Waals surface area contributed by atoms with Crippen molar-refractivity contribution >= 4 is 17.5 Å². The number of amides is 2. The molecule has 1 atom stereocenters. The minimum Gasteiger partial charge on any atom is -0.509 e. The highest BCUT2D eigenvalue weighted by Crippen LogP contribution is 2.24. The maximum absolute atomic E-state index is 12.2. The molecule has 30 heavy (non-hydrogen) atoms. The molecule has 0 fully saturated rings. The van der Waals surface area contributed by atoms with Crippen molar-refractivity contribution in [1.29, 1.82) is 0 Å². The molecule has 2 N–H and O–H groups in total. The number of allylic oxidation sites excluding steroid dienone is 4. The summed E-state index contributed by atoms with van der Waals surface area (Å²) in [4.78, 5) is 28.2. The van der Waals surface area contributed by atoms with E-state index in [0.29, 0.717) is 12.1 Å². The van der Waals surface area contributed by atoms with Gasteiger partial charge in [-0.25, -0.2) is 4.99 Å². The van der Waals surface area contributed by atoms with Gasteiger partial charge in [-0.2, -0.15) is 0 Å². The topological polar surface area (TPSA) is 78.8 Å². The molecule has 0 saturated heterocycles. The number of nitrogens with one attached hydrogen (secondary N) is 1. The predicted molar refractivity (Wildman–Crippen MR) is 122 cm³/mol. The Balaban J connectivity index is 1.51. The molecule has 0 bridgehead atoms. The maximum atomic E-state index is 12.2. The molecule has 0 aromatic heterocycles. The highest BCUT2D eigenvalue weighted by molar-refractivity contribution is 6.14. The molecule has 0 radical (unpaired) electrons. The number of aliphatic imine (C=N–C) groups is 1. The van der Waals surface area contributed by atoms with Crippen molar-refractivity contribution in [1.82, 2.24) is 5.32 Å². The van der Waals surface area contributed by atoms with Crippen molar-refractivity contribution < 1.29 is 14.7 Å². The van der Waals surface area contributed by atoms with Crippen LogP contribution in [-0.2, 0) is 9.59 Å². The average Bonchev–Trinajstić information content (AvgIpc) is 2.74. The smallest absolute Gasteiger partial charge is 0.297 e. The van der Waals surface area contributed by atoms with Crippen LogP contribution >= 0.6 is 0 Å². The second-order valence-corrected chi connectivity index (χ2v) is 8.36. The van der Waals surface area contributed by atoms with E-state index in [0.717, 1.165) is 19.3 Å². The van der Waals surface area contributed by atoms with Crippen LogP contribution in [0.3, 0.4) is 0 Å². The van der Waals surface area contributed by atoms with Crippen LogP contribution in [0.25, 0.3) is 0 Å². The van der Waals surface area contributed by atoms with Crippen LogP contribution in [0.4, 0.5) is 0 Å². The zero-order valence-electron chi connectivity index (χ0n) is 18.5. The fourth-order valence-corrected chi connectivity index (χ4v) is 3.93. The lowest BCUT2D eigenvalue weighted by atomic mass is 9.92. The Morgan fingerprint density at radius 3 is 2.10 bits per heavy atom. The zero-order chi connectivity index (χ0) is 21.6. The molecule has 5 nitrogen and oxygen atoms in total. The van der Waals surface area contributed by atoms with Crippen molar-refractivity contribution in [2.24, 2.45) is 10.9 Å². The number of aliphatic hydroxyl groups excluding tert-OH is 1. The summed E-state index contributed by atoms with van der Waals surface area (Å²) in [6.45, 7) is 2.25. The lowest BCUT2D eigenvalue weighted by molar-refractivity contribution is -0.123. The summed E-state index contributed by atoms with van der Waals surface area (Å²) in [5.41, 5.74) is 0.429. The SMILES string of the molecule is CCCCCCCCCCCCCCCC(=O)NC1=C(O)C2C=CC=CC2=NC1=O. The first-order chi connectivity index (χ1) is 14.6. The normalized spacial score (nSPS) is 17.8. The van der Waals surface area contributed by atoms with Crippen LogP contribution < -0.4 is 5.32 Å². The Labute approximate surface area is 181 Å². The molecule has 1 unspecified atom stereocenters. The Morgan fingerprint density at radius 2 is 1.50 bits per heavy atom. The lowest BCUT2D eigenvalue weighted by Crippen LogP contribution is -2.34. The summed E-state index contributed by atoms with van der Waals surface area (Å²) < 4.78 is 0. The number of unbranched alkanes of at least 4 members (excludes halogenated alkanes) is 12. The van der Waals surface area contributed by atoms with Gasteiger partial charge in [0.2, 0.25) is 5.91 Å². The third-order valence-electron chi connectivity index (χ3n) is 5.77. The van der Waals surface area contributed by atoms with Crippen LogP contribution in [0.2, 0.25) is 0 Å². The number of carbonyl (C=O) groups excluding carboxylic acids is 2. The van der Waals surface area contributed by atoms with Crippen molar-refractivity contribution in [3.8, 4) is 0 Å². The molecule has 1 heterocycles. The molecule has 0 aromatic carbocycles. The van der Waals surface area contributed by atoms with Gasteiger partial charge in [-0.05, 0) is 12.5 Å². The number of dihydropyridines is 1. The van der Waals surface area contributed by atoms with Crippen molar-refractivity contribution in [3.05, 3.63) is 35.8 Å². The zero-order valence-corrected chi connectivity index (χ0v) is 18.5. The molecule has 166 valence electrons. The van der Waals surface area contributed by atoms with E-state index in [4.69, 9.17) is 0 Å². The fourth-order valence-electron chi connectivity index (χ4n) is 3.93. The minimum absolute atomic E-state index is 0.0802. The van der Waals surface area contributed by atoms with Gasteiger partial charge in [0.15, 0.2) is 0 Å². The summed E-state index contributed by atoms with van der Waals surface area (Å²) in [5, 5.41) is 12.9. The number of hydrogen-bond donors (Lipinski definition) is 2. The second kappa shape index (κ2) is 13.9. The van der Waals surface area contributed by atoms with E-state index in [9.17, 15) is 14.7 Å². The van der Waals surface area contributed by atoms with Gasteiger partial charge in [-0.15, -0.1) is 0 Å². The van der Waals surface area contributed by atoms with Gasteiger partial charge < -0.3 is 10.4 Å². The first kappa shape index (κ1) is 24.1. The van der Waals surface area contributed by atoms with Crippen molar-refractivity contribution in [3.63, 3.8) is 0 Å². The monoisotopic (exact) mass is 414 g/mol. The highest BCUT2D eigenvalue weighted by Gasteiger charge is 2.30. The Hall–Kier alpha value is -2.17. The molecule has 5 heteroatoms. The first-order valence-corrected chi connectivity index (χ1v) is 11.8. The van der Waals surface area contributed by atoms with Gasteiger partial charge in [0.25, 0.3) is 5.91 Å². The van der Waals surface area contributed by atoms with Gasteiger partial charge in [0.1, 0.15) is 11.5 Å². The number of aliphatic hydroxyl groups is 1. The van der Waals surface area contributed by atoms with E-state index >= 15 is 0 Å². The third-order valence-corrected chi connectivity index (χ3v) is 5.77. The Bertz CT molecular complexity index is 689. The van der Waals surface area contributed by atoms with Crippen LogP contribution in [0, 0.1) is 5.92 Å². The molecule has 2 amide bonds. The van der Waals surface area contributed by atoms with E-state index in [2.05, 4.69) is 17.2 Å². The number of fused-ring (bicyclic) bond motifs is 1. The fraction of sp³-hybridized carbons (Fsp3) is 0.640. The van der Waals surface area contributed by atoms with Gasteiger partial charge in [0, 0.05) is 6.42 Å². The van der Waals surface area contributed by atoms with E-state index in [1.54, 1.807) is 24.3 Å². The summed E-state index contributed by atoms with van der Waals surface area (Å²) in [7, 11) is 0. The molecular formula is C25H38N2O3. The van der Waals surface area contributed by atoms with Gasteiger partial charge in [0.05, 0.1) is 11.6 Å². The summed E-state index contributed by atoms with van der Waals surface area (Å²) in [5.74, 6) is -1.39. The molecule has 1 aliphatic heterocycles. The third kappa shape index (κ3) is 8.29. The number of hydrogen-bond acceptors (Lipinski definition) is 3. The van der Waals surface area contributed by atoms with Gasteiger partial charge >= 0.3 is 0 Å². The summed E-state index contributed by atoms with van der Waals surface area (Å²) in [6, 6.07) is 0. The van der Waals surface area contributed by atoms with E-state index in [1.165, 1.54) is 64.2 Å². The van der Waals surface area contributed by atoms with Crippen LogP contribution in [0.1, 0.15) is 96.8 Å². The van der Waals surface area contributed by atoms with Crippen molar-refractivity contribution in [2.75, 3.05) is 0 Å². The van der Waals surface area contributed by atoms with Crippen molar-refractivity contribution in [2.45, 2.75) is 96.8 Å². The Morgan fingerprint density at radius 1 is 0.933 bits per heavy atom. The Kier molecular flexibility index (Phi) is 11.2. The maximum Gasteiger partial charge on any atom is 0.297 e. The van der Waals surface area contributed by atoms with E-state index in [-0.39, 0.29) is 17.4 Å². The number of carbonyl (C=O) groups is 2. The number of nitrogens with zero attached hydrogens (tertiary/aromatic N) is 1. The predicted octanol–water partition coefficient (Wildman–Crippen LogP) is 6.08. The second-order valence-electron chi connectivity index (χ2n) is 8.36. The minimum atomic E-state index is -0.586. The van der Waals surface area contributed by atoms with E-state index in [1.807, 2.05) is 0 Å². The molecule has 0 aromatic rings. The number of rotatable bonds is 15. The average molecular weight is 415 g/mol. The molecule has 1 aliphatic carbocycles. The first-order valence-electron chi connectivity index (χ1n) is 11.8. The van der Waals surface area contributed by atoms with Gasteiger partial charge in [-0.3, -0.25) is 9.59 Å². The van der Waals surface area contributed by atoms with Gasteiger partial charge in [-0.1, -0.05) is 102 Å². The van der Waals surface area contributed by atoms with E-state index < -0.39 is 11.8 Å². The summed E-state index contributed by atoms with van der Waals surface area (Å²) in [6.07, 6.45) is 23.7. The molecule has 0 spiro atoms. The van der Waals surface area contributed by atoms with Crippen LogP contribution in [-0.4, -0.2) is 22.6 Å². The molecule has 2 rings (SSSR count). The molecule has 2 aliphatic rings. The molecular weight excluding hydrogens is 376 g/mol. The summed E-state index contributed by atoms with van der Waals surface area (Å²) >= 11 is 0. The van der Waals surface area contributed by atoms with Crippen LogP contribution in [0.15, 0.2) is 40.8 Å². The molecule has 0 saturated carbocycles. The lowest BCUT2D eigenvalue weighted by Gasteiger charge is -2.22.